The number of fused-ring (bicyclic) bond motifs is 1. The zero-order valence-corrected chi connectivity index (χ0v) is 10.0. The molecule has 0 aliphatic carbocycles. The van der Waals surface area contributed by atoms with Gasteiger partial charge >= 0.3 is 6.18 Å². The highest BCUT2D eigenvalue weighted by Gasteiger charge is 2.32. The highest BCUT2D eigenvalue weighted by molar-refractivity contribution is 7.19. The second kappa shape index (κ2) is 4.31. The Morgan fingerprint density at radius 2 is 2.06 bits per heavy atom. The molecule has 0 aliphatic rings. The van der Waals surface area contributed by atoms with E-state index in [0.29, 0.717) is 11.2 Å². The molecule has 0 saturated heterocycles. The first-order valence-corrected chi connectivity index (χ1v) is 6.05. The zero-order valence-electron chi connectivity index (χ0n) is 9.21. The van der Waals surface area contributed by atoms with Gasteiger partial charge in [-0.05, 0) is 24.7 Å². The zero-order chi connectivity index (χ0) is 12.6. The molecule has 0 spiro atoms. The smallest absolute Gasteiger partial charge is 0.330 e. The first kappa shape index (κ1) is 12.4. The molecule has 1 aromatic heterocycles. The van der Waals surface area contributed by atoms with Crippen molar-refractivity contribution in [2.75, 3.05) is 6.54 Å². The van der Waals surface area contributed by atoms with Gasteiger partial charge in [0.2, 0.25) is 0 Å². The molecule has 2 aromatic rings. The summed E-state index contributed by atoms with van der Waals surface area (Å²) in [5.74, 6) is 0.0912. The number of rotatable bonds is 2. The minimum absolute atomic E-state index is 0.0912. The molecule has 1 nitrogen and oxygen atoms in total. The van der Waals surface area contributed by atoms with Crippen LogP contribution in [0.2, 0.25) is 0 Å². The quantitative estimate of drug-likeness (QED) is 0.867. The molecular weight excluding hydrogens is 247 g/mol. The van der Waals surface area contributed by atoms with E-state index in [1.807, 2.05) is 6.92 Å². The van der Waals surface area contributed by atoms with Crippen LogP contribution in [0.25, 0.3) is 10.1 Å². The standard InChI is InChI=1S/C12H12F3NS/c1-7(6-16)11-5-8-9(12(13,14)15)3-2-4-10(8)17-11/h2-5,7H,6,16H2,1H3. The molecule has 1 atom stereocenters. The van der Waals surface area contributed by atoms with E-state index in [9.17, 15) is 13.2 Å². The number of nitrogens with two attached hydrogens (primary N) is 1. The van der Waals surface area contributed by atoms with Crippen molar-refractivity contribution in [3.05, 3.63) is 34.7 Å². The summed E-state index contributed by atoms with van der Waals surface area (Å²) in [6, 6.07) is 5.88. The van der Waals surface area contributed by atoms with Crippen LogP contribution in [-0.4, -0.2) is 6.54 Å². The lowest BCUT2D eigenvalue weighted by molar-refractivity contribution is -0.136. The summed E-state index contributed by atoms with van der Waals surface area (Å²) in [6.07, 6.45) is -4.30. The molecule has 2 rings (SSSR count). The van der Waals surface area contributed by atoms with Gasteiger partial charge in [0.05, 0.1) is 5.56 Å². The van der Waals surface area contributed by atoms with Crippen molar-refractivity contribution in [2.24, 2.45) is 5.73 Å². The van der Waals surface area contributed by atoms with E-state index in [-0.39, 0.29) is 11.3 Å². The third-order valence-corrected chi connectivity index (χ3v) is 4.06. The molecule has 0 radical (unpaired) electrons. The first-order valence-electron chi connectivity index (χ1n) is 5.23. The van der Waals surface area contributed by atoms with E-state index < -0.39 is 11.7 Å². The Labute approximate surface area is 101 Å². The average molecular weight is 259 g/mol. The largest absolute Gasteiger partial charge is 0.417 e. The summed E-state index contributed by atoms with van der Waals surface area (Å²) >= 11 is 1.38. The van der Waals surface area contributed by atoms with Crippen molar-refractivity contribution >= 4 is 21.4 Å². The van der Waals surface area contributed by atoms with E-state index in [4.69, 9.17) is 5.73 Å². The van der Waals surface area contributed by atoms with E-state index in [2.05, 4.69) is 0 Å². The Bertz CT molecular complexity index is 530. The maximum absolute atomic E-state index is 12.8. The second-order valence-corrected chi connectivity index (χ2v) is 5.12. The second-order valence-electron chi connectivity index (χ2n) is 4.00. The minimum Gasteiger partial charge on any atom is -0.330 e. The lowest BCUT2D eigenvalue weighted by Crippen LogP contribution is -2.07. The lowest BCUT2D eigenvalue weighted by atomic mass is 10.1. The van der Waals surface area contributed by atoms with Crippen LogP contribution in [0.15, 0.2) is 24.3 Å². The summed E-state index contributed by atoms with van der Waals surface area (Å²) in [5.41, 5.74) is 4.97. The summed E-state index contributed by atoms with van der Waals surface area (Å²) in [4.78, 5) is 0.902. The highest BCUT2D eigenvalue weighted by atomic mass is 32.1. The maximum Gasteiger partial charge on any atom is 0.417 e. The molecule has 1 aromatic carbocycles. The molecular formula is C12H12F3NS. The molecule has 0 amide bonds. The molecule has 0 aliphatic heterocycles. The van der Waals surface area contributed by atoms with Crippen LogP contribution in [0.4, 0.5) is 13.2 Å². The summed E-state index contributed by atoms with van der Waals surface area (Å²) in [5, 5.41) is 0.278. The summed E-state index contributed by atoms with van der Waals surface area (Å²) in [6.45, 7) is 2.35. The molecule has 1 unspecified atom stereocenters. The molecule has 0 saturated carbocycles. The molecule has 0 fully saturated rings. The van der Waals surface area contributed by atoms with E-state index in [1.54, 1.807) is 12.1 Å². The van der Waals surface area contributed by atoms with Crippen molar-refractivity contribution in [1.29, 1.82) is 0 Å². The first-order chi connectivity index (χ1) is 7.93. The van der Waals surface area contributed by atoms with Gasteiger partial charge in [-0.15, -0.1) is 11.3 Å². The van der Waals surface area contributed by atoms with Crippen molar-refractivity contribution in [3.8, 4) is 0 Å². The predicted molar refractivity (Wildman–Crippen MR) is 64.3 cm³/mol. The van der Waals surface area contributed by atoms with Crippen LogP contribution in [0.3, 0.4) is 0 Å². The third-order valence-electron chi connectivity index (χ3n) is 2.73. The fraction of sp³-hybridized carbons (Fsp3) is 0.333. The number of halogens is 3. The van der Waals surface area contributed by atoms with Gasteiger partial charge in [0.25, 0.3) is 0 Å². The van der Waals surface area contributed by atoms with E-state index in [0.717, 1.165) is 10.9 Å². The number of thiophene rings is 1. The third kappa shape index (κ3) is 2.30. The number of alkyl halides is 3. The average Bonchev–Trinajstić information content (AvgIpc) is 2.69. The van der Waals surface area contributed by atoms with Gasteiger partial charge in [0.15, 0.2) is 0 Å². The van der Waals surface area contributed by atoms with Gasteiger partial charge in [-0.1, -0.05) is 13.0 Å². The monoisotopic (exact) mass is 259 g/mol. The molecule has 17 heavy (non-hydrogen) atoms. The predicted octanol–water partition coefficient (Wildman–Crippen LogP) is 3.98. The van der Waals surface area contributed by atoms with Crippen LogP contribution in [-0.2, 0) is 6.18 Å². The molecule has 92 valence electrons. The van der Waals surface area contributed by atoms with Crippen molar-refractivity contribution < 1.29 is 13.2 Å². The van der Waals surface area contributed by atoms with Crippen LogP contribution in [0.5, 0.6) is 0 Å². The Hall–Kier alpha value is -1.07. The molecule has 1 heterocycles. The van der Waals surface area contributed by atoms with Crippen molar-refractivity contribution in [2.45, 2.75) is 19.0 Å². The summed E-state index contributed by atoms with van der Waals surface area (Å²) < 4.78 is 39.0. The Morgan fingerprint density at radius 1 is 1.35 bits per heavy atom. The summed E-state index contributed by atoms with van der Waals surface area (Å²) in [7, 11) is 0. The number of hydrogen-bond acceptors (Lipinski definition) is 2. The van der Waals surface area contributed by atoms with Gasteiger partial charge in [0, 0.05) is 20.9 Å². The van der Waals surface area contributed by atoms with Crippen LogP contribution < -0.4 is 5.73 Å². The SMILES string of the molecule is CC(CN)c1cc2c(C(F)(F)F)cccc2s1. The van der Waals surface area contributed by atoms with Gasteiger partial charge < -0.3 is 5.73 Å². The van der Waals surface area contributed by atoms with Crippen LogP contribution in [0.1, 0.15) is 23.3 Å². The van der Waals surface area contributed by atoms with Gasteiger partial charge in [-0.2, -0.15) is 13.2 Å². The molecule has 5 heteroatoms. The van der Waals surface area contributed by atoms with E-state index in [1.165, 1.54) is 17.4 Å². The number of hydrogen-bond donors (Lipinski definition) is 1. The fourth-order valence-electron chi connectivity index (χ4n) is 1.69. The van der Waals surface area contributed by atoms with Gasteiger partial charge in [-0.25, -0.2) is 0 Å². The highest BCUT2D eigenvalue weighted by Crippen LogP contribution is 2.39. The van der Waals surface area contributed by atoms with Crippen molar-refractivity contribution in [1.82, 2.24) is 0 Å². The molecule has 0 bridgehead atoms. The van der Waals surface area contributed by atoms with Gasteiger partial charge in [-0.3, -0.25) is 0 Å². The van der Waals surface area contributed by atoms with Crippen molar-refractivity contribution in [3.63, 3.8) is 0 Å². The Kier molecular flexibility index (Phi) is 3.14. The topological polar surface area (TPSA) is 26.0 Å². The molecule has 2 N–H and O–H groups in total. The van der Waals surface area contributed by atoms with Crippen LogP contribution in [0, 0.1) is 0 Å². The van der Waals surface area contributed by atoms with E-state index >= 15 is 0 Å². The number of benzene rings is 1. The van der Waals surface area contributed by atoms with Crippen LogP contribution >= 0.6 is 11.3 Å². The Morgan fingerprint density at radius 3 is 2.65 bits per heavy atom. The minimum atomic E-state index is -4.30. The fourth-order valence-corrected chi connectivity index (χ4v) is 2.84. The Balaban J connectivity index is 2.61. The maximum atomic E-state index is 12.8. The van der Waals surface area contributed by atoms with Gasteiger partial charge in [0.1, 0.15) is 0 Å². The normalized spacial score (nSPS) is 14.2. The lowest BCUT2D eigenvalue weighted by Gasteiger charge is -2.07.